The Labute approximate surface area is 102 Å². The van der Waals surface area contributed by atoms with Crippen molar-refractivity contribution in [2.24, 2.45) is 11.7 Å². The van der Waals surface area contributed by atoms with Crippen LogP contribution in [0.2, 0.25) is 0 Å². The number of hydrogen-bond donors (Lipinski definition) is 1. The Morgan fingerprint density at radius 1 is 1.56 bits per heavy atom. The average Bonchev–Trinajstić information content (AvgIpc) is 2.84. The van der Waals surface area contributed by atoms with E-state index in [2.05, 4.69) is 36.0 Å². The molecule has 0 bridgehead atoms. The summed E-state index contributed by atoms with van der Waals surface area (Å²) in [6.07, 6.45) is 1.23. The molecule has 0 amide bonds. The number of aromatic nitrogens is 1. The highest BCUT2D eigenvalue weighted by Crippen LogP contribution is 2.28. The summed E-state index contributed by atoms with van der Waals surface area (Å²) in [5.41, 5.74) is 7.18. The molecular formula is C12H21N3S. The van der Waals surface area contributed by atoms with Crippen LogP contribution in [0.25, 0.3) is 0 Å². The molecule has 0 saturated carbocycles. The van der Waals surface area contributed by atoms with Crippen molar-refractivity contribution >= 4 is 11.3 Å². The molecule has 0 spiro atoms. The molecule has 0 aliphatic carbocycles. The van der Waals surface area contributed by atoms with Gasteiger partial charge >= 0.3 is 0 Å². The summed E-state index contributed by atoms with van der Waals surface area (Å²) in [5.74, 6) is 0.655. The van der Waals surface area contributed by atoms with Crippen molar-refractivity contribution in [1.29, 1.82) is 0 Å². The number of likely N-dealkylation sites (tertiary alicyclic amines) is 1. The van der Waals surface area contributed by atoms with Crippen LogP contribution >= 0.6 is 11.3 Å². The summed E-state index contributed by atoms with van der Waals surface area (Å²) in [6, 6.07) is 0.753. The quantitative estimate of drug-likeness (QED) is 0.879. The van der Waals surface area contributed by atoms with Crippen molar-refractivity contribution in [3.8, 4) is 0 Å². The second-order valence-corrected chi connectivity index (χ2v) is 5.93. The third-order valence-corrected chi connectivity index (χ3v) is 4.40. The molecule has 3 atom stereocenters. The predicted octanol–water partition coefficient (Wildman–Crippen LogP) is 2.18. The van der Waals surface area contributed by atoms with Crippen LogP contribution < -0.4 is 5.73 Å². The average molecular weight is 239 g/mol. The first-order valence-corrected chi connectivity index (χ1v) is 6.87. The molecule has 1 saturated heterocycles. The minimum Gasteiger partial charge on any atom is -0.328 e. The smallest absolute Gasteiger partial charge is 0.0898 e. The molecule has 3 unspecified atom stereocenters. The van der Waals surface area contributed by atoms with E-state index in [-0.39, 0.29) is 0 Å². The van der Waals surface area contributed by atoms with Gasteiger partial charge in [0, 0.05) is 18.0 Å². The van der Waals surface area contributed by atoms with Crippen LogP contribution in [0.3, 0.4) is 0 Å². The fourth-order valence-electron chi connectivity index (χ4n) is 2.36. The zero-order chi connectivity index (χ0) is 11.7. The highest BCUT2D eigenvalue weighted by Gasteiger charge is 2.29. The van der Waals surface area contributed by atoms with E-state index >= 15 is 0 Å². The summed E-state index contributed by atoms with van der Waals surface area (Å²) in [6.45, 7) is 8.71. The Morgan fingerprint density at radius 3 is 2.81 bits per heavy atom. The number of rotatable bonds is 3. The fraction of sp³-hybridized carbons (Fsp3) is 0.750. The summed E-state index contributed by atoms with van der Waals surface area (Å²) in [7, 11) is 0. The van der Waals surface area contributed by atoms with E-state index in [0.29, 0.717) is 18.0 Å². The lowest BCUT2D eigenvalue weighted by Gasteiger charge is -2.23. The van der Waals surface area contributed by atoms with Gasteiger partial charge in [0.25, 0.3) is 0 Å². The Kier molecular flexibility index (Phi) is 3.62. The lowest BCUT2D eigenvalue weighted by Crippen LogP contribution is -2.31. The standard InChI is InChI=1S/C12H21N3S/c1-8(13)11-4-5-15(6-11)9(2)12-7-16-10(3)14-12/h7-9,11H,4-6,13H2,1-3H3. The highest BCUT2D eigenvalue weighted by atomic mass is 32.1. The number of nitrogens with zero attached hydrogens (tertiary/aromatic N) is 2. The van der Waals surface area contributed by atoms with Crippen LogP contribution in [0.5, 0.6) is 0 Å². The van der Waals surface area contributed by atoms with Gasteiger partial charge in [-0.2, -0.15) is 0 Å². The lowest BCUT2D eigenvalue weighted by atomic mass is 10.0. The van der Waals surface area contributed by atoms with Crippen LogP contribution in [0.1, 0.15) is 37.0 Å². The van der Waals surface area contributed by atoms with E-state index < -0.39 is 0 Å². The van der Waals surface area contributed by atoms with Gasteiger partial charge in [0.1, 0.15) is 0 Å². The largest absolute Gasteiger partial charge is 0.328 e. The first kappa shape index (κ1) is 12.0. The van der Waals surface area contributed by atoms with Gasteiger partial charge < -0.3 is 5.73 Å². The van der Waals surface area contributed by atoms with Crippen molar-refractivity contribution in [1.82, 2.24) is 9.88 Å². The van der Waals surface area contributed by atoms with E-state index in [4.69, 9.17) is 5.73 Å². The second-order valence-electron chi connectivity index (χ2n) is 4.87. The van der Waals surface area contributed by atoms with Gasteiger partial charge in [-0.3, -0.25) is 4.90 Å². The predicted molar refractivity (Wildman–Crippen MR) is 68.6 cm³/mol. The molecule has 0 aromatic carbocycles. The maximum Gasteiger partial charge on any atom is 0.0898 e. The molecule has 1 aliphatic heterocycles. The maximum atomic E-state index is 5.96. The first-order valence-electron chi connectivity index (χ1n) is 5.99. The molecule has 1 aromatic heterocycles. The van der Waals surface area contributed by atoms with Gasteiger partial charge in [-0.15, -0.1) is 11.3 Å². The van der Waals surface area contributed by atoms with E-state index in [1.165, 1.54) is 12.1 Å². The van der Waals surface area contributed by atoms with Crippen molar-refractivity contribution < 1.29 is 0 Å². The number of nitrogens with two attached hydrogens (primary N) is 1. The summed E-state index contributed by atoms with van der Waals surface area (Å²) in [5, 5.41) is 3.34. The van der Waals surface area contributed by atoms with E-state index in [9.17, 15) is 0 Å². The zero-order valence-electron chi connectivity index (χ0n) is 10.3. The van der Waals surface area contributed by atoms with Gasteiger partial charge in [-0.25, -0.2) is 4.98 Å². The maximum absolute atomic E-state index is 5.96. The molecule has 2 N–H and O–H groups in total. The van der Waals surface area contributed by atoms with Crippen molar-refractivity contribution in [2.75, 3.05) is 13.1 Å². The molecule has 4 heteroatoms. The first-order chi connectivity index (χ1) is 7.58. The van der Waals surface area contributed by atoms with Gasteiger partial charge in [-0.05, 0) is 39.7 Å². The lowest BCUT2D eigenvalue weighted by molar-refractivity contribution is 0.244. The van der Waals surface area contributed by atoms with Crippen LogP contribution in [0.15, 0.2) is 5.38 Å². The van der Waals surface area contributed by atoms with Crippen molar-refractivity contribution in [3.63, 3.8) is 0 Å². The molecule has 2 heterocycles. The van der Waals surface area contributed by atoms with Crippen LogP contribution in [0, 0.1) is 12.8 Å². The summed E-state index contributed by atoms with van der Waals surface area (Å²) < 4.78 is 0. The third kappa shape index (κ3) is 2.44. The Balaban J connectivity index is 1.99. The minimum atomic E-state index is 0.314. The van der Waals surface area contributed by atoms with E-state index in [0.717, 1.165) is 18.1 Å². The monoisotopic (exact) mass is 239 g/mol. The van der Waals surface area contributed by atoms with Gasteiger partial charge in [0.15, 0.2) is 0 Å². The molecule has 2 rings (SSSR count). The molecule has 0 radical (unpaired) electrons. The van der Waals surface area contributed by atoms with Crippen molar-refractivity contribution in [3.05, 3.63) is 16.1 Å². The van der Waals surface area contributed by atoms with Crippen LogP contribution in [0.4, 0.5) is 0 Å². The molecule has 1 aliphatic rings. The fourth-order valence-corrected chi connectivity index (χ4v) is 3.05. The molecule has 1 fully saturated rings. The van der Waals surface area contributed by atoms with Crippen LogP contribution in [-0.2, 0) is 0 Å². The Morgan fingerprint density at radius 2 is 2.31 bits per heavy atom. The number of aryl methyl sites for hydroxylation is 1. The minimum absolute atomic E-state index is 0.314. The van der Waals surface area contributed by atoms with Gasteiger partial charge in [0.05, 0.1) is 16.7 Å². The SMILES string of the molecule is Cc1nc(C(C)N2CCC(C(C)N)C2)cs1. The zero-order valence-corrected chi connectivity index (χ0v) is 11.1. The Hall–Kier alpha value is -0.450. The summed E-state index contributed by atoms with van der Waals surface area (Å²) >= 11 is 1.74. The van der Waals surface area contributed by atoms with E-state index in [1.54, 1.807) is 11.3 Å². The van der Waals surface area contributed by atoms with E-state index in [1.807, 2.05) is 0 Å². The van der Waals surface area contributed by atoms with Gasteiger partial charge in [-0.1, -0.05) is 0 Å². The number of thiazole rings is 1. The van der Waals surface area contributed by atoms with Gasteiger partial charge in [0.2, 0.25) is 0 Å². The molecule has 3 nitrogen and oxygen atoms in total. The topological polar surface area (TPSA) is 42.2 Å². The van der Waals surface area contributed by atoms with Crippen molar-refractivity contribution in [2.45, 2.75) is 39.3 Å². The molecular weight excluding hydrogens is 218 g/mol. The number of hydrogen-bond acceptors (Lipinski definition) is 4. The molecule has 1 aromatic rings. The summed E-state index contributed by atoms with van der Waals surface area (Å²) in [4.78, 5) is 7.07. The molecule has 90 valence electrons. The normalized spacial score (nSPS) is 25.9. The highest BCUT2D eigenvalue weighted by molar-refractivity contribution is 7.09. The third-order valence-electron chi connectivity index (χ3n) is 3.61. The molecule has 16 heavy (non-hydrogen) atoms. The Bertz CT molecular complexity index is 348. The van der Waals surface area contributed by atoms with Crippen LogP contribution in [-0.4, -0.2) is 29.0 Å². The second kappa shape index (κ2) is 4.82.